The van der Waals surface area contributed by atoms with Crippen molar-refractivity contribution in [3.05, 3.63) is 23.2 Å². The topological polar surface area (TPSA) is 30.5 Å². The van der Waals surface area contributed by atoms with Gasteiger partial charge < -0.3 is 14.8 Å². The number of benzene rings is 1. The van der Waals surface area contributed by atoms with Crippen molar-refractivity contribution in [2.45, 2.75) is 26.4 Å². The number of halogens is 1. The Morgan fingerprint density at radius 1 is 1.50 bits per heavy atom. The summed E-state index contributed by atoms with van der Waals surface area (Å²) in [5.41, 5.74) is 1.03. The van der Waals surface area contributed by atoms with Crippen molar-refractivity contribution in [2.75, 3.05) is 25.1 Å². The van der Waals surface area contributed by atoms with Crippen LogP contribution < -0.4 is 10.1 Å². The number of anilines is 1. The number of hydrogen-bond acceptors (Lipinski definition) is 3. The van der Waals surface area contributed by atoms with Crippen LogP contribution in [-0.2, 0) is 4.74 Å². The molecule has 0 amide bonds. The molecule has 0 radical (unpaired) electrons. The van der Waals surface area contributed by atoms with E-state index >= 15 is 0 Å². The van der Waals surface area contributed by atoms with Crippen molar-refractivity contribution in [2.24, 2.45) is 5.92 Å². The second kappa shape index (κ2) is 6.30. The van der Waals surface area contributed by atoms with Crippen LogP contribution in [0.3, 0.4) is 0 Å². The maximum absolute atomic E-state index is 6.18. The second-order valence-corrected chi connectivity index (χ2v) is 5.33. The van der Waals surface area contributed by atoms with E-state index in [4.69, 9.17) is 21.1 Å². The van der Waals surface area contributed by atoms with Crippen molar-refractivity contribution >= 4 is 17.3 Å². The van der Waals surface area contributed by atoms with Crippen LogP contribution in [0.4, 0.5) is 5.69 Å². The summed E-state index contributed by atoms with van der Waals surface area (Å²) in [6.45, 7) is 6.65. The molecule has 0 aliphatic carbocycles. The quantitative estimate of drug-likeness (QED) is 0.886. The van der Waals surface area contributed by atoms with E-state index in [-0.39, 0.29) is 6.10 Å². The molecule has 1 N–H and O–H groups in total. The largest absolute Gasteiger partial charge is 0.489 e. The molecule has 1 unspecified atom stereocenters. The lowest BCUT2D eigenvalue weighted by Crippen LogP contribution is -2.14. The SMILES string of the molecule is CC(C)Oc1ccc(NCC2CCOC2)cc1Cl. The highest BCUT2D eigenvalue weighted by molar-refractivity contribution is 6.32. The third-order valence-electron chi connectivity index (χ3n) is 2.91. The van der Waals surface area contributed by atoms with Gasteiger partial charge in [0, 0.05) is 24.8 Å². The predicted molar refractivity (Wildman–Crippen MR) is 74.6 cm³/mol. The average molecular weight is 270 g/mol. The molecule has 1 aromatic rings. The zero-order chi connectivity index (χ0) is 13.0. The molecule has 1 saturated heterocycles. The van der Waals surface area contributed by atoms with Crippen molar-refractivity contribution in [1.29, 1.82) is 0 Å². The molecule has 0 spiro atoms. The molecule has 1 heterocycles. The molecule has 1 aromatic carbocycles. The first-order chi connectivity index (χ1) is 8.65. The molecular formula is C14H20ClNO2. The Balaban J connectivity index is 1.91. The highest BCUT2D eigenvalue weighted by atomic mass is 35.5. The van der Waals surface area contributed by atoms with Gasteiger partial charge in [0.05, 0.1) is 17.7 Å². The zero-order valence-electron chi connectivity index (χ0n) is 10.9. The van der Waals surface area contributed by atoms with Crippen molar-refractivity contribution in [1.82, 2.24) is 0 Å². The molecule has 1 fully saturated rings. The van der Waals surface area contributed by atoms with Crippen molar-refractivity contribution < 1.29 is 9.47 Å². The molecule has 0 aromatic heterocycles. The van der Waals surface area contributed by atoms with Gasteiger partial charge >= 0.3 is 0 Å². The lowest BCUT2D eigenvalue weighted by atomic mass is 10.1. The van der Waals surface area contributed by atoms with Gasteiger partial charge in [0.2, 0.25) is 0 Å². The molecule has 1 aliphatic heterocycles. The van der Waals surface area contributed by atoms with Gasteiger partial charge in [-0.05, 0) is 38.5 Å². The molecule has 1 atom stereocenters. The molecule has 3 nitrogen and oxygen atoms in total. The van der Waals surface area contributed by atoms with E-state index in [0.29, 0.717) is 10.9 Å². The molecule has 4 heteroatoms. The minimum absolute atomic E-state index is 0.136. The van der Waals surface area contributed by atoms with Gasteiger partial charge in [0.1, 0.15) is 5.75 Å². The predicted octanol–water partition coefficient (Wildman–Crippen LogP) is 3.58. The molecule has 1 aliphatic rings. The van der Waals surface area contributed by atoms with E-state index in [9.17, 15) is 0 Å². The summed E-state index contributed by atoms with van der Waals surface area (Å²) in [5, 5.41) is 4.04. The monoisotopic (exact) mass is 269 g/mol. The Hall–Kier alpha value is -0.930. The Labute approximate surface area is 113 Å². The van der Waals surface area contributed by atoms with Gasteiger partial charge in [-0.25, -0.2) is 0 Å². The van der Waals surface area contributed by atoms with E-state index in [1.54, 1.807) is 0 Å². The van der Waals surface area contributed by atoms with Crippen LogP contribution in [0.15, 0.2) is 18.2 Å². The smallest absolute Gasteiger partial charge is 0.138 e. The van der Waals surface area contributed by atoms with Crippen LogP contribution >= 0.6 is 11.6 Å². The van der Waals surface area contributed by atoms with Crippen LogP contribution in [0.1, 0.15) is 20.3 Å². The second-order valence-electron chi connectivity index (χ2n) is 4.92. The lowest BCUT2D eigenvalue weighted by Gasteiger charge is -2.14. The van der Waals surface area contributed by atoms with Crippen molar-refractivity contribution in [3.8, 4) is 5.75 Å². The molecule has 100 valence electrons. The highest BCUT2D eigenvalue weighted by Crippen LogP contribution is 2.28. The fraction of sp³-hybridized carbons (Fsp3) is 0.571. The van der Waals surface area contributed by atoms with E-state index in [1.807, 2.05) is 32.0 Å². The molecule has 2 rings (SSSR count). The lowest BCUT2D eigenvalue weighted by molar-refractivity contribution is 0.187. The van der Waals surface area contributed by atoms with Gasteiger partial charge in [-0.3, -0.25) is 0 Å². The molecule has 0 bridgehead atoms. The normalized spacial score (nSPS) is 19.2. The van der Waals surface area contributed by atoms with E-state index in [0.717, 1.165) is 37.6 Å². The number of rotatable bonds is 5. The molecule has 0 saturated carbocycles. The fourth-order valence-corrected chi connectivity index (χ4v) is 2.19. The summed E-state index contributed by atoms with van der Waals surface area (Å²) in [4.78, 5) is 0. The Bertz CT molecular complexity index is 389. The van der Waals surface area contributed by atoms with Gasteiger partial charge in [0.15, 0.2) is 0 Å². The summed E-state index contributed by atoms with van der Waals surface area (Å²) in [7, 11) is 0. The van der Waals surface area contributed by atoms with Gasteiger partial charge in [-0.15, -0.1) is 0 Å². The van der Waals surface area contributed by atoms with Gasteiger partial charge in [0.25, 0.3) is 0 Å². The van der Waals surface area contributed by atoms with E-state index in [1.165, 1.54) is 0 Å². The van der Waals surface area contributed by atoms with Crippen LogP contribution in [0.2, 0.25) is 5.02 Å². The van der Waals surface area contributed by atoms with E-state index < -0.39 is 0 Å². The average Bonchev–Trinajstić information content (AvgIpc) is 2.82. The zero-order valence-corrected chi connectivity index (χ0v) is 11.7. The van der Waals surface area contributed by atoms with Crippen molar-refractivity contribution in [3.63, 3.8) is 0 Å². The minimum atomic E-state index is 0.136. The summed E-state index contributed by atoms with van der Waals surface area (Å²) >= 11 is 6.18. The maximum Gasteiger partial charge on any atom is 0.138 e. The first-order valence-electron chi connectivity index (χ1n) is 6.43. The van der Waals surface area contributed by atoms with Crippen LogP contribution in [0.25, 0.3) is 0 Å². The maximum atomic E-state index is 6.18. The summed E-state index contributed by atoms with van der Waals surface area (Å²) in [5.74, 6) is 1.34. The minimum Gasteiger partial charge on any atom is -0.489 e. The third kappa shape index (κ3) is 3.79. The van der Waals surface area contributed by atoms with Crippen LogP contribution in [0, 0.1) is 5.92 Å². The fourth-order valence-electron chi connectivity index (χ4n) is 1.97. The van der Waals surface area contributed by atoms with Crippen LogP contribution in [-0.4, -0.2) is 25.9 Å². The summed E-state index contributed by atoms with van der Waals surface area (Å²) in [6.07, 6.45) is 1.27. The van der Waals surface area contributed by atoms with Gasteiger partial charge in [-0.2, -0.15) is 0 Å². The Morgan fingerprint density at radius 3 is 2.94 bits per heavy atom. The number of hydrogen-bond donors (Lipinski definition) is 1. The highest BCUT2D eigenvalue weighted by Gasteiger charge is 2.15. The first-order valence-corrected chi connectivity index (χ1v) is 6.81. The first kappa shape index (κ1) is 13.5. The number of ether oxygens (including phenoxy) is 2. The Morgan fingerprint density at radius 2 is 2.33 bits per heavy atom. The summed E-state index contributed by atoms with van der Waals surface area (Å²) < 4.78 is 10.9. The third-order valence-corrected chi connectivity index (χ3v) is 3.21. The molecule has 18 heavy (non-hydrogen) atoms. The van der Waals surface area contributed by atoms with Gasteiger partial charge in [-0.1, -0.05) is 11.6 Å². The summed E-state index contributed by atoms with van der Waals surface area (Å²) in [6, 6.07) is 5.82. The Kier molecular flexibility index (Phi) is 4.72. The van der Waals surface area contributed by atoms with E-state index in [2.05, 4.69) is 5.32 Å². The standard InChI is InChI=1S/C14H20ClNO2/c1-10(2)18-14-4-3-12(7-13(14)15)16-8-11-5-6-17-9-11/h3-4,7,10-11,16H,5-6,8-9H2,1-2H3. The van der Waals surface area contributed by atoms with Crippen LogP contribution in [0.5, 0.6) is 5.75 Å². The molecular weight excluding hydrogens is 250 g/mol. The number of nitrogens with one attached hydrogen (secondary N) is 1.